The topological polar surface area (TPSA) is 30.2 Å². The van der Waals surface area contributed by atoms with E-state index in [4.69, 9.17) is 4.42 Å². The smallest absolute Gasteiger partial charge is 0.135 e. The van der Waals surface area contributed by atoms with Crippen LogP contribution in [-0.4, -0.2) is 5.78 Å². The minimum atomic E-state index is 0.348. The number of Topliss-reactive ketones (excluding diaryl/α,β-unsaturated/α-hetero) is 1. The second-order valence-electron chi connectivity index (χ2n) is 4.46. The third-order valence-electron chi connectivity index (χ3n) is 3.20. The highest BCUT2D eigenvalue weighted by atomic mass is 16.3. The maximum atomic E-state index is 11.4. The third-order valence-corrected chi connectivity index (χ3v) is 3.20. The first-order chi connectivity index (χ1) is 7.25. The molecule has 0 radical (unpaired) electrons. The highest BCUT2D eigenvalue weighted by Gasteiger charge is 2.23. The van der Waals surface area contributed by atoms with E-state index in [1.54, 1.807) is 0 Å². The van der Waals surface area contributed by atoms with Gasteiger partial charge < -0.3 is 4.42 Å². The lowest BCUT2D eigenvalue weighted by molar-refractivity contribution is -0.120. The molecule has 1 atom stereocenters. The number of carbonyl (C=O) groups excluding carboxylic acids is 1. The standard InChI is InChI=1S/C13H18O2/c1-10-8-9-12(15-10)6-2-4-11-5-3-7-13(11)14/h8-9,11H,2-7H2,1H3/t11-/m0/s1. The molecular formula is C13H18O2. The van der Waals surface area contributed by atoms with Crippen LogP contribution in [0.15, 0.2) is 16.5 Å². The molecule has 0 N–H and O–H groups in total. The Bertz CT molecular complexity index is 338. The molecule has 1 aliphatic carbocycles. The Labute approximate surface area is 90.7 Å². The quantitative estimate of drug-likeness (QED) is 0.756. The van der Waals surface area contributed by atoms with Crippen molar-refractivity contribution in [2.45, 2.75) is 45.4 Å². The van der Waals surface area contributed by atoms with Gasteiger partial charge in [-0.2, -0.15) is 0 Å². The molecule has 2 rings (SSSR count). The van der Waals surface area contributed by atoms with Crippen molar-refractivity contribution >= 4 is 5.78 Å². The number of carbonyl (C=O) groups is 1. The van der Waals surface area contributed by atoms with Crippen LogP contribution < -0.4 is 0 Å². The fourth-order valence-electron chi connectivity index (χ4n) is 2.34. The highest BCUT2D eigenvalue weighted by Crippen LogP contribution is 2.26. The summed E-state index contributed by atoms with van der Waals surface area (Å²) in [4.78, 5) is 11.4. The van der Waals surface area contributed by atoms with Crippen molar-refractivity contribution in [2.24, 2.45) is 5.92 Å². The molecule has 1 aliphatic rings. The number of rotatable bonds is 4. The van der Waals surface area contributed by atoms with Crippen LogP contribution >= 0.6 is 0 Å². The Morgan fingerprint density at radius 3 is 2.93 bits per heavy atom. The Kier molecular flexibility index (Phi) is 3.24. The van der Waals surface area contributed by atoms with Gasteiger partial charge in [0.05, 0.1) is 0 Å². The Morgan fingerprint density at radius 1 is 1.47 bits per heavy atom. The molecule has 1 saturated carbocycles. The van der Waals surface area contributed by atoms with Crippen molar-refractivity contribution in [2.75, 3.05) is 0 Å². The van der Waals surface area contributed by atoms with Gasteiger partial charge in [0.15, 0.2) is 0 Å². The van der Waals surface area contributed by atoms with E-state index in [-0.39, 0.29) is 0 Å². The summed E-state index contributed by atoms with van der Waals surface area (Å²) in [5, 5.41) is 0. The lowest BCUT2D eigenvalue weighted by atomic mass is 9.99. The van der Waals surface area contributed by atoms with E-state index < -0.39 is 0 Å². The van der Waals surface area contributed by atoms with Crippen molar-refractivity contribution < 1.29 is 9.21 Å². The van der Waals surface area contributed by atoms with Gasteiger partial charge >= 0.3 is 0 Å². The molecule has 2 nitrogen and oxygen atoms in total. The largest absolute Gasteiger partial charge is 0.466 e. The summed E-state index contributed by atoms with van der Waals surface area (Å²) in [5.74, 6) is 2.85. The van der Waals surface area contributed by atoms with Crippen molar-refractivity contribution in [1.82, 2.24) is 0 Å². The second kappa shape index (κ2) is 4.65. The van der Waals surface area contributed by atoms with Gasteiger partial charge in [0.2, 0.25) is 0 Å². The summed E-state index contributed by atoms with van der Waals surface area (Å²) in [7, 11) is 0. The van der Waals surface area contributed by atoms with Crippen molar-refractivity contribution in [3.63, 3.8) is 0 Å². The molecule has 1 aromatic heterocycles. The summed E-state index contributed by atoms with van der Waals surface area (Å²) in [6.07, 6.45) is 6.10. The van der Waals surface area contributed by atoms with Crippen LogP contribution in [0.3, 0.4) is 0 Å². The molecule has 0 bridgehead atoms. The molecule has 1 fully saturated rings. The van der Waals surface area contributed by atoms with E-state index in [0.29, 0.717) is 11.7 Å². The molecule has 2 heteroatoms. The van der Waals surface area contributed by atoms with Gasteiger partial charge in [-0.1, -0.05) is 0 Å². The Morgan fingerprint density at radius 2 is 2.33 bits per heavy atom. The first kappa shape index (κ1) is 10.5. The van der Waals surface area contributed by atoms with E-state index in [2.05, 4.69) is 0 Å². The monoisotopic (exact) mass is 206 g/mol. The van der Waals surface area contributed by atoms with Crippen LogP contribution in [0.1, 0.15) is 43.6 Å². The molecular weight excluding hydrogens is 188 g/mol. The van der Waals surface area contributed by atoms with E-state index in [1.807, 2.05) is 19.1 Å². The predicted molar refractivity (Wildman–Crippen MR) is 58.7 cm³/mol. The maximum absolute atomic E-state index is 11.4. The van der Waals surface area contributed by atoms with E-state index >= 15 is 0 Å². The first-order valence-electron chi connectivity index (χ1n) is 5.84. The minimum Gasteiger partial charge on any atom is -0.466 e. The molecule has 1 aromatic rings. The van der Waals surface area contributed by atoms with Crippen LogP contribution in [-0.2, 0) is 11.2 Å². The fourth-order valence-corrected chi connectivity index (χ4v) is 2.34. The predicted octanol–water partition coefficient (Wildman–Crippen LogP) is 3.28. The molecule has 0 spiro atoms. The molecule has 0 aliphatic heterocycles. The number of aryl methyl sites for hydroxylation is 2. The minimum absolute atomic E-state index is 0.348. The van der Waals surface area contributed by atoms with Gasteiger partial charge in [-0.05, 0) is 44.7 Å². The zero-order valence-electron chi connectivity index (χ0n) is 9.29. The van der Waals surface area contributed by atoms with Gasteiger partial charge in [-0.3, -0.25) is 4.79 Å². The summed E-state index contributed by atoms with van der Waals surface area (Å²) in [6, 6.07) is 4.03. The van der Waals surface area contributed by atoms with Crippen molar-refractivity contribution in [1.29, 1.82) is 0 Å². The first-order valence-corrected chi connectivity index (χ1v) is 5.84. The lowest BCUT2D eigenvalue weighted by Crippen LogP contribution is -2.06. The molecule has 0 amide bonds. The second-order valence-corrected chi connectivity index (χ2v) is 4.46. The molecule has 82 valence electrons. The third kappa shape index (κ3) is 2.71. The molecule has 1 heterocycles. The summed E-state index contributed by atoms with van der Waals surface area (Å²) < 4.78 is 5.49. The van der Waals surface area contributed by atoms with Gasteiger partial charge in [0.25, 0.3) is 0 Å². The van der Waals surface area contributed by atoms with Gasteiger partial charge in [-0.25, -0.2) is 0 Å². The van der Waals surface area contributed by atoms with Gasteiger partial charge in [0.1, 0.15) is 17.3 Å². The average Bonchev–Trinajstić information content (AvgIpc) is 2.77. The van der Waals surface area contributed by atoms with Crippen LogP contribution in [0.25, 0.3) is 0 Å². The zero-order chi connectivity index (χ0) is 10.7. The SMILES string of the molecule is Cc1ccc(CCC[C@H]2CCCC2=O)o1. The van der Waals surface area contributed by atoms with Crippen LogP contribution in [0.4, 0.5) is 0 Å². The molecule has 15 heavy (non-hydrogen) atoms. The summed E-state index contributed by atoms with van der Waals surface area (Å²) in [6.45, 7) is 1.96. The van der Waals surface area contributed by atoms with Crippen LogP contribution in [0.5, 0.6) is 0 Å². The number of ketones is 1. The summed E-state index contributed by atoms with van der Waals surface area (Å²) in [5.41, 5.74) is 0. The van der Waals surface area contributed by atoms with Crippen molar-refractivity contribution in [3.05, 3.63) is 23.7 Å². The van der Waals surface area contributed by atoms with E-state index in [1.165, 1.54) is 0 Å². The fraction of sp³-hybridized carbons (Fsp3) is 0.615. The Hall–Kier alpha value is -1.05. The van der Waals surface area contributed by atoms with Crippen molar-refractivity contribution in [3.8, 4) is 0 Å². The zero-order valence-corrected chi connectivity index (χ0v) is 9.29. The number of hydrogen-bond donors (Lipinski definition) is 0. The lowest BCUT2D eigenvalue weighted by Gasteiger charge is -2.05. The van der Waals surface area contributed by atoms with E-state index in [9.17, 15) is 4.79 Å². The Balaban J connectivity index is 1.73. The average molecular weight is 206 g/mol. The highest BCUT2D eigenvalue weighted by molar-refractivity contribution is 5.82. The normalized spacial score (nSPS) is 21.1. The number of furan rings is 1. The van der Waals surface area contributed by atoms with E-state index in [0.717, 1.165) is 50.0 Å². The maximum Gasteiger partial charge on any atom is 0.135 e. The molecule has 0 aromatic carbocycles. The summed E-state index contributed by atoms with van der Waals surface area (Å²) >= 11 is 0. The van der Waals surface area contributed by atoms with Gasteiger partial charge in [0, 0.05) is 18.8 Å². The number of hydrogen-bond acceptors (Lipinski definition) is 2. The van der Waals surface area contributed by atoms with Gasteiger partial charge in [-0.15, -0.1) is 0 Å². The molecule has 0 saturated heterocycles. The molecule has 0 unspecified atom stereocenters. The van der Waals surface area contributed by atoms with Crippen LogP contribution in [0, 0.1) is 12.8 Å². The van der Waals surface area contributed by atoms with Crippen LogP contribution in [0.2, 0.25) is 0 Å².